The molecule has 6 rings (SSSR count). The predicted octanol–water partition coefficient (Wildman–Crippen LogP) is 0.890. The Bertz CT molecular complexity index is 1440. The van der Waals surface area contributed by atoms with Crippen molar-refractivity contribution in [2.75, 3.05) is 10.2 Å². The number of quaternary nitrogens is 1. The zero-order valence-corrected chi connectivity index (χ0v) is 20.8. The zero-order valence-electron chi connectivity index (χ0n) is 20.0. The summed E-state index contributed by atoms with van der Waals surface area (Å²) in [5, 5.41) is 15.0. The first-order valence-electron chi connectivity index (χ1n) is 12.2. The van der Waals surface area contributed by atoms with E-state index >= 15 is 0 Å². The van der Waals surface area contributed by atoms with Crippen LogP contribution in [0.1, 0.15) is 52.0 Å². The van der Waals surface area contributed by atoms with Gasteiger partial charge < -0.3 is 16.4 Å². The van der Waals surface area contributed by atoms with Crippen molar-refractivity contribution in [1.29, 1.82) is 5.26 Å². The average Bonchev–Trinajstić information content (AvgIpc) is 3.52. The highest BCUT2D eigenvalue weighted by Crippen LogP contribution is 2.52. The van der Waals surface area contributed by atoms with Gasteiger partial charge in [-0.05, 0) is 62.3 Å². The van der Waals surface area contributed by atoms with Crippen LogP contribution in [0.25, 0.3) is 0 Å². The number of carbonyl (C=O) groups excluding carboxylic acids is 4. The molecule has 1 aliphatic carbocycles. The van der Waals surface area contributed by atoms with Crippen LogP contribution in [-0.2, 0) is 37.6 Å². The van der Waals surface area contributed by atoms with Crippen molar-refractivity contribution in [3.8, 4) is 6.07 Å². The maximum absolute atomic E-state index is 14.2. The normalized spacial score (nSPS) is 28.2. The Morgan fingerprint density at radius 1 is 1.25 bits per heavy atom. The van der Waals surface area contributed by atoms with Crippen molar-refractivity contribution < 1.29 is 24.5 Å². The lowest BCUT2D eigenvalue weighted by Crippen LogP contribution is -2.99. The molecule has 0 saturated carbocycles. The number of nitriles is 1. The predicted molar refractivity (Wildman–Crippen MR) is 131 cm³/mol. The molecular weight excluding hydrogens is 478 g/mol. The number of fused-ring (bicyclic) bond motifs is 5. The van der Waals surface area contributed by atoms with E-state index in [-0.39, 0.29) is 12.3 Å². The topological polar surface area (TPSA) is 150 Å². The number of rotatable bonds is 3. The molecule has 1 spiro atoms. The lowest BCUT2D eigenvalue weighted by Gasteiger charge is -2.26. The summed E-state index contributed by atoms with van der Waals surface area (Å²) in [6, 6.07) is 5.30. The van der Waals surface area contributed by atoms with Crippen LogP contribution in [0.5, 0.6) is 0 Å². The quantitative estimate of drug-likeness (QED) is 0.531. The van der Waals surface area contributed by atoms with Gasteiger partial charge in [0.15, 0.2) is 0 Å². The molecule has 2 aromatic rings. The summed E-state index contributed by atoms with van der Waals surface area (Å²) in [5.74, 6) is -3.86. The second-order valence-corrected chi connectivity index (χ2v) is 11.4. The molecule has 4 aliphatic rings. The Morgan fingerprint density at radius 3 is 2.72 bits per heavy atom. The van der Waals surface area contributed by atoms with E-state index in [1.54, 1.807) is 5.32 Å². The number of hydrogen-bond donors (Lipinski definition) is 3. The molecule has 10 heteroatoms. The van der Waals surface area contributed by atoms with Crippen LogP contribution in [0.3, 0.4) is 0 Å². The lowest BCUT2D eigenvalue weighted by molar-refractivity contribution is -0.732. The van der Waals surface area contributed by atoms with Crippen LogP contribution in [-0.4, -0.2) is 29.7 Å². The minimum absolute atomic E-state index is 0.144. The van der Waals surface area contributed by atoms with Gasteiger partial charge >= 0.3 is 0 Å². The van der Waals surface area contributed by atoms with Gasteiger partial charge in [-0.25, -0.2) is 4.90 Å². The van der Waals surface area contributed by atoms with E-state index in [9.17, 15) is 24.4 Å². The number of primary amides is 1. The smallest absolute Gasteiger partial charge is 0.291 e. The molecule has 0 radical (unpaired) electrons. The Balaban J connectivity index is 1.53. The summed E-state index contributed by atoms with van der Waals surface area (Å²) in [6.45, 7) is 3.85. The van der Waals surface area contributed by atoms with Crippen LogP contribution in [0, 0.1) is 37.0 Å². The highest BCUT2D eigenvalue weighted by molar-refractivity contribution is 7.17. The van der Waals surface area contributed by atoms with Crippen molar-refractivity contribution in [1.82, 2.24) is 0 Å². The van der Waals surface area contributed by atoms with Gasteiger partial charge in [-0.15, -0.1) is 11.3 Å². The first kappa shape index (κ1) is 22.9. The van der Waals surface area contributed by atoms with Gasteiger partial charge in [0.1, 0.15) is 28.9 Å². The largest absolute Gasteiger partial charge is 0.369 e. The fraction of sp³-hybridized carbons (Fsp3) is 0.423. The van der Waals surface area contributed by atoms with Crippen molar-refractivity contribution >= 4 is 45.7 Å². The maximum atomic E-state index is 14.2. The fourth-order valence-electron chi connectivity index (χ4n) is 6.72. The Hall–Kier alpha value is -3.55. The minimum Gasteiger partial charge on any atom is -0.369 e. The molecule has 0 unspecified atom stereocenters. The standard InChI is InChI=1S/C26H25N5O4S/c1-11-7-8-15-21(12(11)2)29-25(35)26(15)20-19(16(30-26)9-18(28)32)22(33)31(23(20)34)24-14(10-27)13-5-3-4-6-17(13)36-24/h7-8,16,19-20,30H,3-6,9H2,1-2H3,(H2,28,32)(H,29,35)/p+1/t16-,19+,20-,26-/m0/s1. The van der Waals surface area contributed by atoms with Gasteiger partial charge in [-0.3, -0.25) is 19.2 Å². The minimum atomic E-state index is -1.39. The van der Waals surface area contributed by atoms with Crippen LogP contribution >= 0.6 is 11.3 Å². The van der Waals surface area contributed by atoms with Gasteiger partial charge in [0, 0.05) is 10.4 Å². The molecule has 1 aromatic heterocycles. The number of benzene rings is 1. The fourth-order valence-corrected chi connectivity index (χ4v) is 8.07. The zero-order chi connectivity index (χ0) is 25.5. The van der Waals surface area contributed by atoms with E-state index < -0.39 is 41.1 Å². The van der Waals surface area contributed by atoms with E-state index in [4.69, 9.17) is 5.73 Å². The monoisotopic (exact) mass is 504 g/mol. The van der Waals surface area contributed by atoms with E-state index in [1.165, 1.54) is 11.3 Å². The summed E-state index contributed by atoms with van der Waals surface area (Å²) >= 11 is 1.33. The number of aryl methyl sites for hydroxylation is 2. The summed E-state index contributed by atoms with van der Waals surface area (Å²) in [4.78, 5) is 56.0. The SMILES string of the molecule is Cc1ccc2c(c1C)NC(=O)[C@]21[NH2+][C@@H](CC(N)=O)[C@H]2C(=O)N(c3sc4c(c3C#N)CCCC4)C(=O)[C@H]21. The third-order valence-corrected chi connectivity index (χ3v) is 9.76. The molecule has 1 aromatic carbocycles. The molecule has 36 heavy (non-hydrogen) atoms. The summed E-state index contributed by atoms with van der Waals surface area (Å²) < 4.78 is 0. The van der Waals surface area contributed by atoms with Gasteiger partial charge in [0.05, 0.1) is 17.7 Å². The number of nitrogens with one attached hydrogen (secondary N) is 1. The van der Waals surface area contributed by atoms with E-state index in [0.29, 0.717) is 21.8 Å². The van der Waals surface area contributed by atoms with Crippen LogP contribution < -0.4 is 21.3 Å². The number of imide groups is 1. The van der Waals surface area contributed by atoms with Crippen molar-refractivity contribution in [2.45, 2.75) is 57.5 Å². The number of amides is 4. The molecule has 4 heterocycles. The molecule has 4 atom stereocenters. The van der Waals surface area contributed by atoms with Crippen LogP contribution in [0.2, 0.25) is 0 Å². The molecule has 9 nitrogen and oxygen atoms in total. The third kappa shape index (κ3) is 2.78. The highest BCUT2D eigenvalue weighted by Gasteiger charge is 2.74. The van der Waals surface area contributed by atoms with Crippen LogP contribution in [0.4, 0.5) is 10.7 Å². The highest BCUT2D eigenvalue weighted by atomic mass is 32.1. The van der Waals surface area contributed by atoms with Gasteiger partial charge in [-0.1, -0.05) is 6.07 Å². The molecule has 2 saturated heterocycles. The maximum Gasteiger partial charge on any atom is 0.291 e. The van der Waals surface area contributed by atoms with E-state index in [2.05, 4.69) is 11.4 Å². The van der Waals surface area contributed by atoms with E-state index in [0.717, 1.165) is 52.2 Å². The average molecular weight is 505 g/mol. The van der Waals surface area contributed by atoms with Crippen LogP contribution in [0.15, 0.2) is 12.1 Å². The third-order valence-electron chi connectivity index (χ3n) is 8.48. The Morgan fingerprint density at radius 2 is 2.00 bits per heavy atom. The second kappa shape index (κ2) is 7.72. The second-order valence-electron chi connectivity index (χ2n) is 10.3. The molecular formula is C26H26N5O4S+. The van der Waals surface area contributed by atoms with Gasteiger partial charge in [-0.2, -0.15) is 5.26 Å². The molecule has 184 valence electrons. The van der Waals surface area contributed by atoms with Crippen molar-refractivity contribution in [3.05, 3.63) is 44.8 Å². The summed E-state index contributed by atoms with van der Waals surface area (Å²) in [5.41, 5.74) is 8.64. The summed E-state index contributed by atoms with van der Waals surface area (Å²) in [7, 11) is 0. The first-order valence-corrected chi connectivity index (χ1v) is 13.0. The number of nitrogens with two attached hydrogens (primary N) is 2. The number of carbonyl (C=O) groups is 4. The van der Waals surface area contributed by atoms with Gasteiger partial charge in [0.25, 0.3) is 5.91 Å². The summed E-state index contributed by atoms with van der Waals surface area (Å²) in [6.07, 6.45) is 3.37. The molecule has 3 aliphatic heterocycles. The van der Waals surface area contributed by atoms with Gasteiger partial charge in [0.2, 0.25) is 23.3 Å². The van der Waals surface area contributed by atoms with Crippen molar-refractivity contribution in [2.24, 2.45) is 17.6 Å². The lowest BCUT2D eigenvalue weighted by atomic mass is 9.76. The number of hydrogen-bond acceptors (Lipinski definition) is 6. The molecule has 2 fully saturated rings. The van der Waals surface area contributed by atoms with Crippen molar-refractivity contribution in [3.63, 3.8) is 0 Å². The Labute approximate surface area is 211 Å². The molecule has 4 amide bonds. The molecule has 0 bridgehead atoms. The van der Waals surface area contributed by atoms with E-state index in [1.807, 2.05) is 26.0 Å². The number of thiophene rings is 1. The Kier molecular flexibility index (Phi) is 4.91. The molecule has 5 N–H and O–H groups in total. The number of anilines is 2. The number of nitrogens with zero attached hydrogens (tertiary/aromatic N) is 2. The first-order chi connectivity index (χ1) is 17.2.